The Morgan fingerprint density at radius 3 is 2.71 bits per heavy atom. The number of H-pyrrole nitrogens is 2. The number of hydrogen-bond donors (Lipinski definition) is 3. The monoisotopic (exact) mass is 417 g/mol. The Morgan fingerprint density at radius 1 is 1.13 bits per heavy atom. The van der Waals surface area contributed by atoms with Gasteiger partial charge < -0.3 is 10.3 Å². The van der Waals surface area contributed by atoms with Crippen molar-refractivity contribution in [3.63, 3.8) is 0 Å². The number of aromatic amines is 2. The van der Waals surface area contributed by atoms with Gasteiger partial charge in [-0.05, 0) is 31.5 Å². The average Bonchev–Trinajstić information content (AvgIpc) is 3.15. The van der Waals surface area contributed by atoms with Gasteiger partial charge in [0.1, 0.15) is 5.82 Å². The number of nitrogens with zero attached hydrogens (tertiary/aromatic N) is 4. The molecule has 10 nitrogen and oxygen atoms in total. The van der Waals surface area contributed by atoms with Crippen molar-refractivity contribution in [1.82, 2.24) is 29.9 Å². The molecule has 3 N–H and O–H groups in total. The third-order valence-corrected chi connectivity index (χ3v) is 4.69. The van der Waals surface area contributed by atoms with Crippen LogP contribution in [-0.4, -0.2) is 35.9 Å². The molecule has 10 heteroatoms. The highest BCUT2D eigenvalue weighted by molar-refractivity contribution is 6.05. The second-order valence-electron chi connectivity index (χ2n) is 6.81. The molecule has 31 heavy (non-hydrogen) atoms. The van der Waals surface area contributed by atoms with E-state index in [0.29, 0.717) is 46.3 Å². The van der Waals surface area contributed by atoms with E-state index in [-0.39, 0.29) is 17.0 Å². The second kappa shape index (κ2) is 8.19. The highest BCUT2D eigenvalue weighted by Crippen LogP contribution is 2.20. The highest BCUT2D eigenvalue weighted by Gasteiger charge is 2.16. The quantitative estimate of drug-likeness (QED) is 0.453. The molecule has 0 unspecified atom stereocenters. The SMILES string of the molecule is CCc1cc(=O)[nH]c(-c2cccc(NC(=O)c3cnn(-c4ccc(=O)[nH]n4)c3C)c2)n1. The zero-order valence-corrected chi connectivity index (χ0v) is 16.8. The summed E-state index contributed by atoms with van der Waals surface area (Å²) in [7, 11) is 0. The lowest BCUT2D eigenvalue weighted by Gasteiger charge is -2.08. The molecular formula is C21H19N7O3. The van der Waals surface area contributed by atoms with E-state index >= 15 is 0 Å². The number of aryl methyl sites for hydroxylation is 1. The molecule has 0 aliphatic rings. The molecule has 0 saturated heterocycles. The van der Waals surface area contributed by atoms with Gasteiger partial charge in [0.15, 0.2) is 5.82 Å². The summed E-state index contributed by atoms with van der Waals surface area (Å²) < 4.78 is 1.46. The van der Waals surface area contributed by atoms with Crippen LogP contribution in [-0.2, 0) is 6.42 Å². The molecule has 0 aliphatic heterocycles. The van der Waals surface area contributed by atoms with Crippen molar-refractivity contribution in [3.05, 3.63) is 86.3 Å². The molecular weight excluding hydrogens is 398 g/mol. The molecule has 3 heterocycles. The van der Waals surface area contributed by atoms with E-state index in [1.807, 2.05) is 6.92 Å². The molecule has 1 amide bonds. The molecule has 3 aromatic heterocycles. The number of rotatable bonds is 5. The van der Waals surface area contributed by atoms with Gasteiger partial charge in [0.25, 0.3) is 17.0 Å². The number of carbonyl (C=O) groups is 1. The van der Waals surface area contributed by atoms with Crippen LogP contribution in [0.4, 0.5) is 5.69 Å². The van der Waals surface area contributed by atoms with Gasteiger partial charge in [-0.25, -0.2) is 14.8 Å². The number of amides is 1. The van der Waals surface area contributed by atoms with Gasteiger partial charge in [0.2, 0.25) is 0 Å². The standard InChI is InChI=1S/C21H19N7O3/c1-3-14-10-19(30)25-20(23-14)13-5-4-6-15(9-13)24-21(31)16-11-22-28(12(16)2)17-7-8-18(29)27-26-17/h4-11H,3H2,1-2H3,(H,24,31)(H,27,29)(H,23,25,30). The summed E-state index contributed by atoms with van der Waals surface area (Å²) >= 11 is 0. The topological polar surface area (TPSA) is 138 Å². The summed E-state index contributed by atoms with van der Waals surface area (Å²) in [6.07, 6.45) is 2.08. The number of nitrogens with one attached hydrogen (secondary N) is 3. The van der Waals surface area contributed by atoms with Crippen LogP contribution in [0.1, 0.15) is 28.7 Å². The van der Waals surface area contributed by atoms with Crippen LogP contribution < -0.4 is 16.4 Å². The molecule has 0 aliphatic carbocycles. The van der Waals surface area contributed by atoms with Gasteiger partial charge >= 0.3 is 0 Å². The second-order valence-corrected chi connectivity index (χ2v) is 6.81. The molecule has 0 radical (unpaired) electrons. The molecule has 0 atom stereocenters. The van der Waals surface area contributed by atoms with E-state index in [2.05, 4.69) is 30.6 Å². The lowest BCUT2D eigenvalue weighted by Crippen LogP contribution is -2.14. The summed E-state index contributed by atoms with van der Waals surface area (Å²) in [6, 6.07) is 11.4. The van der Waals surface area contributed by atoms with Crippen molar-refractivity contribution in [3.8, 4) is 17.2 Å². The molecule has 0 saturated carbocycles. The lowest BCUT2D eigenvalue weighted by atomic mass is 10.1. The smallest absolute Gasteiger partial charge is 0.264 e. The van der Waals surface area contributed by atoms with Gasteiger partial charge in [-0.2, -0.15) is 10.2 Å². The Hall–Kier alpha value is -4.34. The first kappa shape index (κ1) is 20.0. The summed E-state index contributed by atoms with van der Waals surface area (Å²) in [5.74, 6) is 0.478. The summed E-state index contributed by atoms with van der Waals surface area (Å²) in [5, 5.41) is 13.3. The summed E-state index contributed by atoms with van der Waals surface area (Å²) in [6.45, 7) is 3.66. The van der Waals surface area contributed by atoms with Crippen LogP contribution in [0.25, 0.3) is 17.2 Å². The minimum absolute atomic E-state index is 0.227. The first-order valence-corrected chi connectivity index (χ1v) is 9.57. The number of carbonyl (C=O) groups excluding carboxylic acids is 1. The molecule has 1 aromatic carbocycles. The molecule has 4 aromatic rings. The van der Waals surface area contributed by atoms with E-state index in [1.54, 1.807) is 31.2 Å². The fourth-order valence-electron chi connectivity index (χ4n) is 3.09. The van der Waals surface area contributed by atoms with Crippen molar-refractivity contribution in [1.29, 1.82) is 0 Å². The molecule has 0 fully saturated rings. The molecule has 0 spiro atoms. The van der Waals surface area contributed by atoms with Crippen LogP contribution >= 0.6 is 0 Å². The van der Waals surface area contributed by atoms with E-state index in [1.165, 1.54) is 29.1 Å². The Kier molecular flexibility index (Phi) is 5.27. The molecule has 0 bridgehead atoms. The van der Waals surface area contributed by atoms with Gasteiger partial charge in [-0.1, -0.05) is 19.1 Å². The van der Waals surface area contributed by atoms with E-state index in [0.717, 1.165) is 0 Å². The van der Waals surface area contributed by atoms with Crippen LogP contribution in [0.15, 0.2) is 58.3 Å². The predicted molar refractivity (Wildman–Crippen MR) is 114 cm³/mol. The third kappa shape index (κ3) is 4.17. The van der Waals surface area contributed by atoms with Gasteiger partial charge in [0.05, 0.1) is 17.5 Å². The van der Waals surface area contributed by atoms with Crippen molar-refractivity contribution in [2.24, 2.45) is 0 Å². The third-order valence-electron chi connectivity index (χ3n) is 4.69. The minimum atomic E-state index is -0.353. The molecule has 156 valence electrons. The largest absolute Gasteiger partial charge is 0.322 e. The van der Waals surface area contributed by atoms with Crippen LogP contribution in [0, 0.1) is 6.92 Å². The number of benzene rings is 1. The minimum Gasteiger partial charge on any atom is -0.322 e. The predicted octanol–water partition coefficient (Wildman–Crippen LogP) is 1.83. The first-order chi connectivity index (χ1) is 14.9. The number of hydrogen-bond acceptors (Lipinski definition) is 6. The Balaban J connectivity index is 1.59. The Bertz CT molecular complexity index is 1360. The van der Waals surface area contributed by atoms with Crippen molar-refractivity contribution < 1.29 is 4.79 Å². The zero-order valence-electron chi connectivity index (χ0n) is 16.8. The van der Waals surface area contributed by atoms with Crippen molar-refractivity contribution in [2.45, 2.75) is 20.3 Å². The van der Waals surface area contributed by atoms with E-state index in [9.17, 15) is 14.4 Å². The maximum Gasteiger partial charge on any atom is 0.264 e. The first-order valence-electron chi connectivity index (χ1n) is 9.57. The van der Waals surface area contributed by atoms with Gasteiger partial charge in [-0.15, -0.1) is 0 Å². The fraction of sp³-hybridized carbons (Fsp3) is 0.143. The lowest BCUT2D eigenvalue weighted by molar-refractivity contribution is 0.102. The van der Waals surface area contributed by atoms with Crippen LogP contribution in [0.3, 0.4) is 0 Å². The van der Waals surface area contributed by atoms with Crippen molar-refractivity contribution in [2.75, 3.05) is 5.32 Å². The normalized spacial score (nSPS) is 10.8. The maximum absolute atomic E-state index is 12.8. The highest BCUT2D eigenvalue weighted by atomic mass is 16.2. The number of aromatic nitrogens is 6. The maximum atomic E-state index is 12.8. The Morgan fingerprint density at radius 2 is 1.97 bits per heavy atom. The molecule has 4 rings (SSSR count). The van der Waals surface area contributed by atoms with Crippen molar-refractivity contribution >= 4 is 11.6 Å². The van der Waals surface area contributed by atoms with Gasteiger partial charge in [-0.3, -0.25) is 14.4 Å². The van der Waals surface area contributed by atoms with E-state index in [4.69, 9.17) is 0 Å². The van der Waals surface area contributed by atoms with Gasteiger partial charge in [0, 0.05) is 29.1 Å². The Labute approximate surface area is 176 Å². The van der Waals surface area contributed by atoms with Crippen LogP contribution in [0.5, 0.6) is 0 Å². The number of anilines is 1. The van der Waals surface area contributed by atoms with E-state index < -0.39 is 0 Å². The van der Waals surface area contributed by atoms with Crippen LogP contribution in [0.2, 0.25) is 0 Å². The summed E-state index contributed by atoms with van der Waals surface area (Å²) in [5.41, 5.74) is 2.28. The summed E-state index contributed by atoms with van der Waals surface area (Å²) in [4.78, 5) is 43.1. The zero-order chi connectivity index (χ0) is 22.0. The fourth-order valence-corrected chi connectivity index (χ4v) is 3.09. The average molecular weight is 417 g/mol.